The van der Waals surface area contributed by atoms with Crippen molar-refractivity contribution in [3.8, 4) is 0 Å². The van der Waals surface area contributed by atoms with Crippen molar-refractivity contribution < 1.29 is 28.7 Å². The Bertz CT molecular complexity index is 2000. The molecule has 0 aromatic heterocycles. The van der Waals surface area contributed by atoms with E-state index >= 15 is 19.2 Å². The molecular formula is C40H34Cl2N2O6. The Morgan fingerprint density at radius 2 is 1.02 bits per heavy atom. The van der Waals surface area contributed by atoms with Crippen molar-refractivity contribution in [1.82, 2.24) is 0 Å². The van der Waals surface area contributed by atoms with Gasteiger partial charge >= 0.3 is 5.97 Å². The van der Waals surface area contributed by atoms with Crippen LogP contribution in [0.2, 0.25) is 10.0 Å². The van der Waals surface area contributed by atoms with Gasteiger partial charge in [-0.2, -0.15) is 0 Å². The molecule has 2 aliphatic heterocycles. The zero-order valence-electron chi connectivity index (χ0n) is 28.0. The molecule has 1 saturated carbocycles. The molecule has 7 rings (SSSR count). The molecule has 0 saturated heterocycles. The number of Topliss-reactive ketones (excluding diaryl/α,β-unsaturated/α-hetero) is 2. The summed E-state index contributed by atoms with van der Waals surface area (Å²) in [5.74, 6) is -8.41. The van der Waals surface area contributed by atoms with E-state index < -0.39 is 63.5 Å². The molecule has 254 valence electrons. The van der Waals surface area contributed by atoms with Crippen LogP contribution in [-0.4, -0.2) is 35.0 Å². The second kappa shape index (κ2) is 11.6. The highest BCUT2D eigenvalue weighted by atomic mass is 35.5. The first-order valence-corrected chi connectivity index (χ1v) is 17.0. The summed E-state index contributed by atoms with van der Waals surface area (Å²) in [6.45, 7) is 8.76. The van der Waals surface area contributed by atoms with Crippen molar-refractivity contribution in [3.63, 3.8) is 0 Å². The molecule has 2 heterocycles. The molecule has 0 radical (unpaired) electrons. The molecular weight excluding hydrogens is 675 g/mol. The van der Waals surface area contributed by atoms with Crippen LogP contribution in [0.15, 0.2) is 84.9 Å². The minimum Gasteiger partial charge on any atom is -0.460 e. The van der Waals surface area contributed by atoms with Gasteiger partial charge in [-0.05, 0) is 82.1 Å². The molecule has 10 heteroatoms. The van der Waals surface area contributed by atoms with Crippen molar-refractivity contribution in [2.75, 3.05) is 10.6 Å². The number of aryl methyl sites for hydroxylation is 2. The fraction of sp³-hybridized carbons (Fsp3) is 0.275. The van der Waals surface area contributed by atoms with Crippen LogP contribution in [0.4, 0.5) is 11.4 Å². The van der Waals surface area contributed by atoms with E-state index in [0.29, 0.717) is 11.4 Å². The summed E-state index contributed by atoms with van der Waals surface area (Å²) >= 11 is 13.3. The highest BCUT2D eigenvalue weighted by molar-refractivity contribution is 6.32. The molecule has 2 spiro atoms. The lowest BCUT2D eigenvalue weighted by Crippen LogP contribution is -2.60. The number of nitrogens with one attached hydrogen (secondary N) is 2. The number of hydrogen-bond donors (Lipinski definition) is 2. The molecule has 1 fully saturated rings. The number of carbonyl (C=O) groups excluding carboxylic acids is 5. The van der Waals surface area contributed by atoms with Gasteiger partial charge in [-0.3, -0.25) is 24.0 Å². The minimum absolute atomic E-state index is 0.195. The third-order valence-electron chi connectivity index (χ3n) is 10.2. The Hall–Kier alpha value is -4.79. The summed E-state index contributed by atoms with van der Waals surface area (Å²) in [5.41, 5.74) is -2.23. The normalized spacial score (nSPS) is 24.9. The smallest absolute Gasteiger partial charge is 0.311 e. The summed E-state index contributed by atoms with van der Waals surface area (Å²) in [6, 6.07) is 22.9. The van der Waals surface area contributed by atoms with Crippen LogP contribution in [0.25, 0.3) is 0 Å². The van der Waals surface area contributed by atoms with Crippen LogP contribution in [0, 0.1) is 31.6 Å². The third-order valence-corrected chi connectivity index (χ3v) is 10.7. The van der Waals surface area contributed by atoms with Crippen molar-refractivity contribution in [2.24, 2.45) is 17.8 Å². The van der Waals surface area contributed by atoms with E-state index in [1.54, 1.807) is 93.6 Å². The summed E-state index contributed by atoms with van der Waals surface area (Å²) < 4.78 is 6.03. The Balaban J connectivity index is 1.68. The van der Waals surface area contributed by atoms with E-state index in [0.717, 1.165) is 11.1 Å². The number of benzene rings is 4. The second-order valence-corrected chi connectivity index (χ2v) is 15.3. The summed E-state index contributed by atoms with van der Waals surface area (Å²) in [5, 5.41) is 6.27. The molecule has 1 aliphatic carbocycles. The lowest BCUT2D eigenvalue weighted by molar-refractivity contribution is -0.162. The molecule has 3 aliphatic rings. The van der Waals surface area contributed by atoms with E-state index in [4.69, 9.17) is 27.9 Å². The average Bonchev–Trinajstić information content (AvgIpc) is 3.62. The Morgan fingerprint density at radius 3 is 1.38 bits per heavy atom. The van der Waals surface area contributed by atoms with E-state index in [-0.39, 0.29) is 32.3 Å². The van der Waals surface area contributed by atoms with Crippen molar-refractivity contribution >= 4 is 63.9 Å². The van der Waals surface area contributed by atoms with Gasteiger partial charge < -0.3 is 15.4 Å². The number of carbonyl (C=O) groups is 5. The predicted molar refractivity (Wildman–Crippen MR) is 191 cm³/mol. The van der Waals surface area contributed by atoms with Gasteiger partial charge in [0.15, 0.2) is 11.6 Å². The number of halogens is 2. The molecule has 8 nitrogen and oxygen atoms in total. The van der Waals surface area contributed by atoms with E-state index in [2.05, 4.69) is 10.6 Å². The number of fused-ring (bicyclic) bond motifs is 5. The van der Waals surface area contributed by atoms with E-state index in [1.165, 1.54) is 12.1 Å². The maximum absolute atomic E-state index is 15.3. The standard InChI is InChI=1S/C40H34Cl2N2O6/c1-20-6-10-22(11-7-20)33(45)31-30(35(47)50-38(3,4)5)32(34(46)23-12-8-21(2)9-13-23)40(27-19-25(42)15-17-29(27)44-37(40)49)39(31)26-18-24(41)14-16-28(26)43-36(39)48/h6-19,30-32H,1-5H3,(H,43,48)(H,44,49). The van der Waals surface area contributed by atoms with Gasteiger partial charge in [0.25, 0.3) is 0 Å². The zero-order chi connectivity index (χ0) is 35.9. The molecule has 50 heavy (non-hydrogen) atoms. The maximum atomic E-state index is 15.3. The van der Waals surface area contributed by atoms with Crippen molar-refractivity contribution in [1.29, 1.82) is 0 Å². The van der Waals surface area contributed by atoms with E-state index in [9.17, 15) is 4.79 Å². The Kier molecular flexibility index (Phi) is 7.84. The van der Waals surface area contributed by atoms with Gasteiger partial charge in [-0.1, -0.05) is 82.9 Å². The fourth-order valence-corrected chi connectivity index (χ4v) is 8.71. The monoisotopic (exact) mass is 708 g/mol. The second-order valence-electron chi connectivity index (χ2n) is 14.4. The molecule has 4 aromatic rings. The number of ether oxygens (including phenoxy) is 1. The summed E-state index contributed by atoms with van der Waals surface area (Å²) in [4.78, 5) is 75.9. The Labute approximate surface area is 299 Å². The summed E-state index contributed by atoms with van der Waals surface area (Å²) in [6.07, 6.45) is 0. The van der Waals surface area contributed by atoms with E-state index in [1.807, 2.05) is 13.8 Å². The lowest BCUT2D eigenvalue weighted by Gasteiger charge is -2.42. The predicted octanol–water partition coefficient (Wildman–Crippen LogP) is 7.66. The number of esters is 1. The number of amides is 2. The quantitative estimate of drug-likeness (QED) is 0.162. The van der Waals surface area contributed by atoms with Crippen LogP contribution in [0.3, 0.4) is 0 Å². The Morgan fingerprint density at radius 1 is 0.640 bits per heavy atom. The molecule has 2 amide bonds. The molecule has 4 unspecified atom stereocenters. The van der Waals surface area contributed by atoms with Crippen LogP contribution < -0.4 is 10.6 Å². The van der Waals surface area contributed by atoms with Crippen LogP contribution in [0.5, 0.6) is 0 Å². The molecule has 0 bridgehead atoms. The zero-order valence-corrected chi connectivity index (χ0v) is 29.5. The van der Waals surface area contributed by atoms with Gasteiger partial charge in [-0.15, -0.1) is 0 Å². The van der Waals surface area contributed by atoms with Gasteiger partial charge in [0.2, 0.25) is 11.8 Å². The number of rotatable bonds is 5. The van der Waals surface area contributed by atoms with Gasteiger partial charge in [0.1, 0.15) is 16.4 Å². The van der Waals surface area contributed by atoms with Crippen molar-refractivity contribution in [2.45, 2.75) is 51.0 Å². The molecule has 2 N–H and O–H groups in total. The minimum atomic E-state index is -2.18. The van der Waals surface area contributed by atoms with Crippen molar-refractivity contribution in [3.05, 3.63) is 128 Å². The average molecular weight is 710 g/mol. The van der Waals surface area contributed by atoms with Gasteiger partial charge in [-0.25, -0.2) is 0 Å². The highest BCUT2D eigenvalue weighted by Crippen LogP contribution is 2.71. The first-order chi connectivity index (χ1) is 23.6. The maximum Gasteiger partial charge on any atom is 0.311 e. The van der Waals surface area contributed by atoms with Gasteiger partial charge in [0, 0.05) is 32.5 Å². The first kappa shape index (κ1) is 33.7. The number of ketones is 2. The van der Waals surface area contributed by atoms with Crippen LogP contribution >= 0.6 is 23.2 Å². The van der Waals surface area contributed by atoms with Gasteiger partial charge in [0.05, 0.1) is 17.8 Å². The first-order valence-electron chi connectivity index (χ1n) is 16.3. The fourth-order valence-electron chi connectivity index (χ4n) is 8.37. The number of hydrogen-bond acceptors (Lipinski definition) is 6. The van der Waals surface area contributed by atoms with Crippen LogP contribution in [-0.2, 0) is 30.0 Å². The summed E-state index contributed by atoms with van der Waals surface area (Å²) in [7, 11) is 0. The molecule has 4 aromatic carbocycles. The molecule has 4 atom stereocenters. The lowest BCUT2D eigenvalue weighted by atomic mass is 9.53. The largest absolute Gasteiger partial charge is 0.460 e. The highest BCUT2D eigenvalue weighted by Gasteiger charge is 2.83. The van der Waals surface area contributed by atoms with Crippen LogP contribution in [0.1, 0.15) is 63.7 Å². The third kappa shape index (κ3) is 4.76. The topological polar surface area (TPSA) is 119 Å². The SMILES string of the molecule is Cc1ccc(C(=O)C2C(C(=O)OC(C)(C)C)C(C(=O)c3ccc(C)cc3)C3(C(=O)Nc4ccc(Cl)cc43)C23C(=O)Nc2ccc(Cl)cc23)cc1. The number of anilines is 2.